The number of ether oxygens (including phenoxy) is 2. The molecule has 1 aromatic rings. The number of carbonyl (C=O) groups excluding carboxylic acids is 1. The highest BCUT2D eigenvalue weighted by atomic mass is 32.2. The van der Waals surface area contributed by atoms with E-state index >= 15 is 0 Å². The van der Waals surface area contributed by atoms with E-state index in [1.54, 1.807) is 24.3 Å². The smallest absolute Gasteiger partial charge is 0.285 e. The van der Waals surface area contributed by atoms with Crippen LogP contribution in [0.25, 0.3) is 0 Å². The molecule has 0 bridgehead atoms. The summed E-state index contributed by atoms with van der Waals surface area (Å²) in [6.45, 7) is 5.80. The second-order valence-corrected chi connectivity index (χ2v) is 10.4. The van der Waals surface area contributed by atoms with Gasteiger partial charge < -0.3 is 19.7 Å². The molecule has 3 saturated heterocycles. The molecule has 0 aromatic heterocycles. The number of nitrogens with one attached hydrogen (secondary N) is 1. The van der Waals surface area contributed by atoms with E-state index in [0.29, 0.717) is 50.0 Å². The first-order valence-electron chi connectivity index (χ1n) is 11.4. The van der Waals surface area contributed by atoms with Crippen LogP contribution in [0.3, 0.4) is 0 Å². The summed E-state index contributed by atoms with van der Waals surface area (Å²) in [7, 11) is -3.71. The van der Waals surface area contributed by atoms with Gasteiger partial charge in [-0.05, 0) is 31.4 Å². The SMILES string of the molecule is O=C(NCC(C1CCOC1)N1CCOCC1)[C@@H]1CCCN1C1=NS(=O)(=O)c2ccccc21. The van der Waals surface area contributed by atoms with Crippen molar-refractivity contribution in [1.29, 1.82) is 0 Å². The third-order valence-electron chi connectivity index (χ3n) is 6.95. The number of morpholine rings is 1. The molecule has 9 nitrogen and oxygen atoms in total. The molecular weight excluding hydrogens is 432 g/mol. The molecule has 4 heterocycles. The molecule has 0 radical (unpaired) electrons. The van der Waals surface area contributed by atoms with Gasteiger partial charge in [-0.3, -0.25) is 9.69 Å². The van der Waals surface area contributed by atoms with Gasteiger partial charge in [-0.1, -0.05) is 12.1 Å². The van der Waals surface area contributed by atoms with Gasteiger partial charge in [0.15, 0.2) is 5.84 Å². The number of carbonyl (C=O) groups is 1. The maximum atomic E-state index is 13.3. The van der Waals surface area contributed by atoms with Crippen LogP contribution in [0.4, 0.5) is 0 Å². The van der Waals surface area contributed by atoms with Crippen LogP contribution in [-0.2, 0) is 24.3 Å². The predicted octanol–water partition coefficient (Wildman–Crippen LogP) is 0.453. The van der Waals surface area contributed by atoms with Gasteiger partial charge in [0.2, 0.25) is 5.91 Å². The maximum absolute atomic E-state index is 13.3. The molecular formula is C22H30N4O5S. The fraction of sp³-hybridized carbons (Fsp3) is 0.636. The van der Waals surface area contributed by atoms with Crippen LogP contribution in [0.15, 0.2) is 33.6 Å². The van der Waals surface area contributed by atoms with Crippen LogP contribution in [0.5, 0.6) is 0 Å². The fourth-order valence-electron chi connectivity index (χ4n) is 5.27. The Labute approximate surface area is 188 Å². The minimum Gasteiger partial charge on any atom is -0.381 e. The van der Waals surface area contributed by atoms with Gasteiger partial charge in [0.1, 0.15) is 10.9 Å². The van der Waals surface area contributed by atoms with Gasteiger partial charge in [-0.25, -0.2) is 0 Å². The zero-order chi connectivity index (χ0) is 22.1. The van der Waals surface area contributed by atoms with Gasteiger partial charge in [-0.2, -0.15) is 8.42 Å². The lowest BCUT2D eigenvalue weighted by atomic mass is 9.96. The molecule has 2 unspecified atom stereocenters. The van der Waals surface area contributed by atoms with Crippen molar-refractivity contribution in [2.45, 2.75) is 36.2 Å². The lowest BCUT2D eigenvalue weighted by molar-refractivity contribution is -0.124. The average Bonchev–Trinajstić information content (AvgIpc) is 3.55. The van der Waals surface area contributed by atoms with Crippen LogP contribution in [0, 0.1) is 5.92 Å². The molecule has 5 rings (SSSR count). The van der Waals surface area contributed by atoms with Crippen LogP contribution in [0.2, 0.25) is 0 Å². The van der Waals surface area contributed by atoms with E-state index in [1.165, 1.54) is 0 Å². The number of amidine groups is 1. The molecule has 0 saturated carbocycles. The monoisotopic (exact) mass is 462 g/mol. The molecule has 32 heavy (non-hydrogen) atoms. The van der Waals surface area contributed by atoms with Gasteiger partial charge in [0, 0.05) is 50.3 Å². The summed E-state index contributed by atoms with van der Waals surface area (Å²) in [6.07, 6.45) is 2.50. The topological polar surface area (TPSA) is 101 Å². The molecule has 3 fully saturated rings. The van der Waals surface area contributed by atoms with Gasteiger partial charge >= 0.3 is 0 Å². The van der Waals surface area contributed by atoms with Crippen molar-refractivity contribution in [2.75, 3.05) is 52.6 Å². The Morgan fingerprint density at radius 1 is 1.12 bits per heavy atom. The number of likely N-dealkylation sites (tertiary alicyclic amines) is 1. The summed E-state index contributed by atoms with van der Waals surface area (Å²) in [5.74, 6) is 0.723. The lowest BCUT2D eigenvalue weighted by Crippen LogP contribution is -2.54. The molecule has 4 aliphatic rings. The third-order valence-corrected chi connectivity index (χ3v) is 8.27. The largest absolute Gasteiger partial charge is 0.381 e. The van der Waals surface area contributed by atoms with E-state index in [4.69, 9.17) is 9.47 Å². The van der Waals surface area contributed by atoms with Gasteiger partial charge in [0.05, 0.1) is 19.8 Å². The lowest BCUT2D eigenvalue weighted by Gasteiger charge is -2.38. The van der Waals surface area contributed by atoms with E-state index in [-0.39, 0.29) is 16.8 Å². The molecule has 1 amide bonds. The Morgan fingerprint density at radius 3 is 2.72 bits per heavy atom. The number of hydrogen-bond donors (Lipinski definition) is 1. The van der Waals surface area contributed by atoms with Crippen LogP contribution < -0.4 is 5.32 Å². The normalized spacial score (nSPS) is 28.4. The van der Waals surface area contributed by atoms with Crippen molar-refractivity contribution in [3.63, 3.8) is 0 Å². The number of rotatable bonds is 5. The van der Waals surface area contributed by atoms with Crippen molar-refractivity contribution in [3.05, 3.63) is 29.8 Å². The molecule has 10 heteroatoms. The average molecular weight is 463 g/mol. The van der Waals surface area contributed by atoms with Gasteiger partial charge in [0.25, 0.3) is 10.0 Å². The van der Waals surface area contributed by atoms with Crippen molar-refractivity contribution in [2.24, 2.45) is 10.3 Å². The Bertz CT molecular complexity index is 986. The summed E-state index contributed by atoms with van der Waals surface area (Å²) < 4.78 is 40.1. The number of fused-ring (bicyclic) bond motifs is 1. The predicted molar refractivity (Wildman–Crippen MR) is 118 cm³/mol. The Hall–Kier alpha value is -2.01. The zero-order valence-corrected chi connectivity index (χ0v) is 18.9. The zero-order valence-electron chi connectivity index (χ0n) is 18.1. The fourth-order valence-corrected chi connectivity index (χ4v) is 6.49. The summed E-state index contributed by atoms with van der Waals surface area (Å²) in [4.78, 5) is 17.7. The Kier molecular flexibility index (Phi) is 6.20. The highest BCUT2D eigenvalue weighted by molar-refractivity contribution is 7.90. The number of sulfonamides is 1. The second-order valence-electron chi connectivity index (χ2n) is 8.82. The number of nitrogens with zero attached hydrogens (tertiary/aromatic N) is 3. The quantitative estimate of drug-likeness (QED) is 0.678. The summed E-state index contributed by atoms with van der Waals surface area (Å²) in [5.41, 5.74) is 0.585. The number of hydrogen-bond acceptors (Lipinski definition) is 7. The van der Waals surface area contributed by atoms with E-state index < -0.39 is 16.1 Å². The molecule has 174 valence electrons. The number of benzene rings is 1. The first-order chi connectivity index (χ1) is 15.5. The van der Waals surface area contributed by atoms with Crippen LogP contribution in [0.1, 0.15) is 24.8 Å². The van der Waals surface area contributed by atoms with Gasteiger partial charge in [-0.15, -0.1) is 4.40 Å². The number of amides is 1. The Balaban J connectivity index is 1.30. The molecule has 0 spiro atoms. The highest BCUT2D eigenvalue weighted by Gasteiger charge is 2.40. The minimum absolute atomic E-state index is 0.0656. The Morgan fingerprint density at radius 2 is 1.94 bits per heavy atom. The molecule has 1 aromatic carbocycles. The highest BCUT2D eigenvalue weighted by Crippen LogP contribution is 2.31. The van der Waals surface area contributed by atoms with Crippen molar-refractivity contribution in [3.8, 4) is 0 Å². The van der Waals surface area contributed by atoms with Crippen molar-refractivity contribution >= 4 is 21.8 Å². The second kappa shape index (κ2) is 9.09. The van der Waals surface area contributed by atoms with Crippen LogP contribution >= 0.6 is 0 Å². The van der Waals surface area contributed by atoms with E-state index in [1.807, 2.05) is 4.90 Å². The summed E-state index contributed by atoms with van der Waals surface area (Å²) in [6, 6.07) is 6.63. The van der Waals surface area contributed by atoms with E-state index in [0.717, 1.165) is 39.1 Å². The summed E-state index contributed by atoms with van der Waals surface area (Å²) >= 11 is 0. The third kappa shape index (κ3) is 4.16. The molecule has 4 aliphatic heterocycles. The molecule has 1 N–H and O–H groups in total. The van der Waals surface area contributed by atoms with E-state index in [9.17, 15) is 13.2 Å². The summed E-state index contributed by atoms with van der Waals surface area (Å²) in [5, 5.41) is 3.17. The minimum atomic E-state index is -3.71. The molecule has 0 aliphatic carbocycles. The van der Waals surface area contributed by atoms with Crippen molar-refractivity contribution in [1.82, 2.24) is 15.1 Å². The van der Waals surface area contributed by atoms with Crippen LogP contribution in [-0.4, -0.2) is 94.7 Å². The van der Waals surface area contributed by atoms with Crippen molar-refractivity contribution < 1.29 is 22.7 Å². The molecule has 3 atom stereocenters. The standard InChI is InChI=1S/C22H30N4O5S/c27-22(23-14-19(16-7-11-31-15-16)25-9-12-30-13-10-25)18-5-3-8-26(18)21-17-4-1-2-6-20(17)32(28,29)24-21/h1-2,4,6,16,18-19H,3,5,7-15H2,(H,23,27)/t16?,18-,19?/m0/s1. The first kappa shape index (κ1) is 21.8. The maximum Gasteiger partial charge on any atom is 0.285 e. The van der Waals surface area contributed by atoms with E-state index in [2.05, 4.69) is 14.6 Å². The first-order valence-corrected chi connectivity index (χ1v) is 12.9.